The van der Waals surface area contributed by atoms with Crippen molar-refractivity contribution in [2.24, 2.45) is 0 Å². The summed E-state index contributed by atoms with van der Waals surface area (Å²) in [6.45, 7) is 1.77. The van der Waals surface area contributed by atoms with Gasteiger partial charge in [-0.1, -0.05) is 6.08 Å². The number of hydrogen-bond acceptors (Lipinski definition) is 3. The molecular formula is C10H10FNO2S. The Kier molecular flexibility index (Phi) is 2.34. The SMILES string of the molecule is C/C=C/c1nc(C2(F)CC2)sc1C(=O)O. The molecule has 1 N–H and O–H groups in total. The van der Waals surface area contributed by atoms with E-state index in [2.05, 4.69) is 4.98 Å². The molecule has 0 spiro atoms. The van der Waals surface area contributed by atoms with E-state index in [1.165, 1.54) is 0 Å². The summed E-state index contributed by atoms with van der Waals surface area (Å²) in [6.07, 6.45) is 4.20. The number of hydrogen-bond donors (Lipinski definition) is 1. The average Bonchev–Trinajstić information content (AvgIpc) is 2.78. The highest BCUT2D eigenvalue weighted by molar-refractivity contribution is 7.14. The zero-order valence-electron chi connectivity index (χ0n) is 8.16. The minimum Gasteiger partial charge on any atom is -0.477 e. The van der Waals surface area contributed by atoms with Crippen LogP contribution in [0.15, 0.2) is 6.08 Å². The molecule has 1 aliphatic carbocycles. The molecule has 1 heterocycles. The Hall–Kier alpha value is -1.23. The van der Waals surface area contributed by atoms with Gasteiger partial charge in [0.05, 0.1) is 5.69 Å². The van der Waals surface area contributed by atoms with Gasteiger partial charge in [0.2, 0.25) is 0 Å². The van der Waals surface area contributed by atoms with E-state index < -0.39 is 11.6 Å². The molecule has 0 unspecified atom stereocenters. The molecule has 1 aromatic rings. The van der Waals surface area contributed by atoms with Crippen LogP contribution in [0.5, 0.6) is 0 Å². The van der Waals surface area contributed by atoms with E-state index in [1.54, 1.807) is 19.1 Å². The lowest BCUT2D eigenvalue weighted by Crippen LogP contribution is -1.95. The molecule has 1 aromatic heterocycles. The Morgan fingerprint density at radius 3 is 2.80 bits per heavy atom. The van der Waals surface area contributed by atoms with E-state index in [4.69, 9.17) is 5.11 Å². The second-order valence-electron chi connectivity index (χ2n) is 3.50. The summed E-state index contributed by atoms with van der Waals surface area (Å²) in [7, 11) is 0. The minimum atomic E-state index is -1.35. The van der Waals surface area contributed by atoms with Crippen LogP contribution < -0.4 is 0 Å². The first-order chi connectivity index (χ1) is 7.07. The van der Waals surface area contributed by atoms with Crippen molar-refractivity contribution >= 4 is 23.4 Å². The predicted octanol–water partition coefficient (Wildman–Crippen LogP) is 2.83. The van der Waals surface area contributed by atoms with Gasteiger partial charge in [-0.3, -0.25) is 0 Å². The zero-order chi connectivity index (χ0) is 11.1. The fourth-order valence-corrected chi connectivity index (χ4v) is 2.30. The maximum atomic E-state index is 13.7. The summed E-state index contributed by atoms with van der Waals surface area (Å²) in [5.74, 6) is -1.05. The number of rotatable bonds is 3. The number of alkyl halides is 1. The number of carbonyl (C=O) groups is 1. The largest absolute Gasteiger partial charge is 0.477 e. The number of nitrogens with zero attached hydrogens (tertiary/aromatic N) is 1. The van der Waals surface area contributed by atoms with Gasteiger partial charge in [0.25, 0.3) is 0 Å². The van der Waals surface area contributed by atoms with Crippen molar-refractivity contribution < 1.29 is 14.3 Å². The zero-order valence-corrected chi connectivity index (χ0v) is 8.97. The number of aromatic nitrogens is 1. The van der Waals surface area contributed by atoms with Crippen LogP contribution in [0.25, 0.3) is 6.08 Å². The lowest BCUT2D eigenvalue weighted by Gasteiger charge is -1.95. The Morgan fingerprint density at radius 1 is 1.67 bits per heavy atom. The van der Waals surface area contributed by atoms with Crippen molar-refractivity contribution in [3.63, 3.8) is 0 Å². The van der Waals surface area contributed by atoms with Crippen LogP contribution in [0.1, 0.15) is 40.1 Å². The molecule has 15 heavy (non-hydrogen) atoms. The van der Waals surface area contributed by atoms with Crippen molar-refractivity contribution in [3.05, 3.63) is 21.7 Å². The summed E-state index contributed by atoms with van der Waals surface area (Å²) < 4.78 is 13.7. The van der Waals surface area contributed by atoms with Crippen LogP contribution in [0, 0.1) is 0 Å². The van der Waals surface area contributed by atoms with Crippen molar-refractivity contribution in [2.45, 2.75) is 25.4 Å². The van der Waals surface area contributed by atoms with E-state index in [9.17, 15) is 9.18 Å². The number of carboxylic acids is 1. The van der Waals surface area contributed by atoms with Gasteiger partial charge in [-0.05, 0) is 25.8 Å². The first-order valence-corrected chi connectivity index (χ1v) is 5.45. The molecule has 1 aliphatic rings. The van der Waals surface area contributed by atoms with Gasteiger partial charge in [0.15, 0.2) is 5.67 Å². The Balaban J connectivity index is 2.44. The van der Waals surface area contributed by atoms with Gasteiger partial charge in [0.1, 0.15) is 9.88 Å². The van der Waals surface area contributed by atoms with Gasteiger partial charge in [-0.2, -0.15) is 0 Å². The maximum Gasteiger partial charge on any atom is 0.348 e. The molecule has 2 rings (SSSR count). The maximum absolute atomic E-state index is 13.7. The molecule has 5 heteroatoms. The highest BCUT2D eigenvalue weighted by atomic mass is 32.1. The molecule has 0 atom stereocenters. The second kappa shape index (κ2) is 3.41. The number of thiazole rings is 1. The third-order valence-electron chi connectivity index (χ3n) is 2.24. The number of carboxylic acid groups (broad SMARTS) is 1. The molecular weight excluding hydrogens is 217 g/mol. The molecule has 0 aliphatic heterocycles. The van der Waals surface area contributed by atoms with Crippen LogP contribution in [-0.4, -0.2) is 16.1 Å². The molecule has 1 saturated carbocycles. The quantitative estimate of drug-likeness (QED) is 0.863. The fraction of sp³-hybridized carbons (Fsp3) is 0.400. The molecule has 3 nitrogen and oxygen atoms in total. The van der Waals surface area contributed by atoms with E-state index in [0.29, 0.717) is 23.5 Å². The standard InChI is InChI=1S/C10H10FNO2S/c1-2-3-6-7(8(13)14)15-9(12-6)10(11)4-5-10/h2-3H,4-5H2,1H3,(H,13,14)/b3-2+. The van der Waals surface area contributed by atoms with Crippen LogP contribution in [0.3, 0.4) is 0 Å². The van der Waals surface area contributed by atoms with Crippen LogP contribution in [0.4, 0.5) is 4.39 Å². The monoisotopic (exact) mass is 227 g/mol. The first kappa shape index (κ1) is 10.3. The van der Waals surface area contributed by atoms with Gasteiger partial charge in [-0.25, -0.2) is 14.2 Å². The van der Waals surface area contributed by atoms with Crippen molar-refractivity contribution in [2.75, 3.05) is 0 Å². The van der Waals surface area contributed by atoms with Crippen LogP contribution in [0.2, 0.25) is 0 Å². The molecule has 0 aromatic carbocycles. The van der Waals surface area contributed by atoms with Crippen molar-refractivity contribution in [3.8, 4) is 0 Å². The molecule has 0 bridgehead atoms. The van der Waals surface area contributed by atoms with E-state index in [-0.39, 0.29) is 4.88 Å². The number of aromatic carboxylic acids is 1. The van der Waals surface area contributed by atoms with Gasteiger partial charge in [-0.15, -0.1) is 11.3 Å². The first-order valence-electron chi connectivity index (χ1n) is 4.63. The minimum absolute atomic E-state index is 0.118. The van der Waals surface area contributed by atoms with Gasteiger partial charge < -0.3 is 5.11 Å². The third kappa shape index (κ3) is 1.79. The molecule has 1 fully saturated rings. The topological polar surface area (TPSA) is 50.2 Å². The summed E-state index contributed by atoms with van der Waals surface area (Å²) in [4.78, 5) is 15.0. The summed E-state index contributed by atoms with van der Waals surface area (Å²) in [6, 6.07) is 0. The normalized spacial score (nSPS) is 18.3. The van der Waals surface area contributed by atoms with Crippen molar-refractivity contribution in [1.29, 1.82) is 0 Å². The Bertz CT molecular complexity index is 435. The van der Waals surface area contributed by atoms with Crippen molar-refractivity contribution in [1.82, 2.24) is 4.98 Å². The lowest BCUT2D eigenvalue weighted by molar-refractivity contribution is 0.0701. The molecule has 0 radical (unpaired) electrons. The fourth-order valence-electron chi connectivity index (χ4n) is 1.27. The highest BCUT2D eigenvalue weighted by Gasteiger charge is 2.48. The number of halogens is 1. The van der Waals surface area contributed by atoms with E-state index in [1.807, 2.05) is 0 Å². The summed E-state index contributed by atoms with van der Waals surface area (Å²) in [5, 5.41) is 9.20. The summed E-state index contributed by atoms with van der Waals surface area (Å²) >= 11 is 0.940. The molecule has 0 amide bonds. The second-order valence-corrected chi connectivity index (χ2v) is 4.50. The van der Waals surface area contributed by atoms with E-state index in [0.717, 1.165) is 11.3 Å². The average molecular weight is 227 g/mol. The predicted molar refractivity (Wildman–Crippen MR) is 55.8 cm³/mol. The highest BCUT2D eigenvalue weighted by Crippen LogP contribution is 2.51. The number of allylic oxidation sites excluding steroid dienone is 1. The molecule has 0 saturated heterocycles. The van der Waals surface area contributed by atoms with Gasteiger partial charge >= 0.3 is 5.97 Å². The Labute approximate surface area is 90.3 Å². The van der Waals surface area contributed by atoms with Crippen LogP contribution in [-0.2, 0) is 5.67 Å². The Morgan fingerprint density at radius 2 is 2.33 bits per heavy atom. The smallest absolute Gasteiger partial charge is 0.348 e. The summed E-state index contributed by atoms with van der Waals surface area (Å²) in [5.41, 5.74) is -0.997. The van der Waals surface area contributed by atoms with E-state index >= 15 is 0 Å². The van der Waals surface area contributed by atoms with Crippen LogP contribution >= 0.6 is 11.3 Å². The lowest BCUT2D eigenvalue weighted by atomic mass is 10.3. The molecule has 80 valence electrons. The third-order valence-corrected chi connectivity index (χ3v) is 3.48. The van der Waals surface area contributed by atoms with Gasteiger partial charge in [0, 0.05) is 0 Å².